The van der Waals surface area contributed by atoms with E-state index in [1.165, 1.54) is 0 Å². The molecule has 4 aromatic rings. The summed E-state index contributed by atoms with van der Waals surface area (Å²) in [6.07, 6.45) is 1.56. The highest BCUT2D eigenvalue weighted by Crippen LogP contribution is 2.22. The first-order chi connectivity index (χ1) is 14.0. The van der Waals surface area contributed by atoms with Gasteiger partial charge in [-0.3, -0.25) is 4.99 Å². The SMILES string of the molecule is Nc1nc(N)nc(-c2ccc(/N=C/c3ccc(-c4nc(N)nc(N)n4)o3)cc2)n1. The molecule has 0 unspecified atom stereocenters. The lowest BCUT2D eigenvalue weighted by atomic mass is 10.2. The lowest BCUT2D eigenvalue weighted by molar-refractivity contribution is 0.570. The topological polar surface area (TPSA) is 207 Å². The van der Waals surface area contributed by atoms with E-state index in [1.54, 1.807) is 42.6 Å². The summed E-state index contributed by atoms with van der Waals surface area (Å²) in [5.74, 6) is 1.68. The molecule has 12 nitrogen and oxygen atoms in total. The first-order valence-electron chi connectivity index (χ1n) is 8.25. The largest absolute Gasteiger partial charge is 0.452 e. The first-order valence-corrected chi connectivity index (χ1v) is 8.25. The van der Waals surface area contributed by atoms with Crippen LogP contribution in [0.4, 0.5) is 29.5 Å². The van der Waals surface area contributed by atoms with E-state index in [9.17, 15) is 0 Å². The zero-order valence-corrected chi connectivity index (χ0v) is 14.9. The summed E-state index contributed by atoms with van der Waals surface area (Å²) in [6.45, 7) is 0. The molecule has 0 fully saturated rings. The Kier molecular flexibility index (Phi) is 4.41. The molecule has 0 saturated carbocycles. The van der Waals surface area contributed by atoms with Gasteiger partial charge in [0.15, 0.2) is 11.6 Å². The Morgan fingerprint density at radius 2 is 1.21 bits per heavy atom. The number of aliphatic imine (C=N–C) groups is 1. The van der Waals surface area contributed by atoms with Crippen LogP contribution in [0.25, 0.3) is 23.0 Å². The van der Waals surface area contributed by atoms with Gasteiger partial charge >= 0.3 is 0 Å². The fraction of sp³-hybridized carbons (Fsp3) is 0. The number of aromatic nitrogens is 6. The Morgan fingerprint density at radius 3 is 1.79 bits per heavy atom. The number of furan rings is 1. The summed E-state index contributed by atoms with van der Waals surface area (Å²) in [5, 5.41) is 0. The van der Waals surface area contributed by atoms with Crippen LogP contribution in [0, 0.1) is 0 Å². The number of benzene rings is 1. The van der Waals surface area contributed by atoms with E-state index >= 15 is 0 Å². The van der Waals surface area contributed by atoms with Crippen LogP contribution in [-0.4, -0.2) is 36.1 Å². The molecule has 144 valence electrons. The van der Waals surface area contributed by atoms with Crippen LogP contribution in [0.5, 0.6) is 0 Å². The Hall–Kier alpha value is -4.61. The molecule has 0 aliphatic heterocycles. The Bertz CT molecular complexity index is 1160. The number of rotatable bonds is 4. The monoisotopic (exact) mass is 389 g/mol. The quantitative estimate of drug-likeness (QED) is 0.363. The smallest absolute Gasteiger partial charge is 0.225 e. The third-order valence-electron chi connectivity index (χ3n) is 3.65. The number of nitrogens with two attached hydrogens (primary N) is 4. The van der Waals surface area contributed by atoms with Crippen LogP contribution < -0.4 is 22.9 Å². The second kappa shape index (κ2) is 7.19. The van der Waals surface area contributed by atoms with E-state index in [2.05, 4.69) is 34.9 Å². The van der Waals surface area contributed by atoms with Gasteiger partial charge in [-0.25, -0.2) is 0 Å². The summed E-state index contributed by atoms with van der Waals surface area (Å²) in [7, 11) is 0. The molecular formula is C17H15N11O. The lowest BCUT2D eigenvalue weighted by Crippen LogP contribution is -2.04. The fourth-order valence-corrected chi connectivity index (χ4v) is 2.44. The third kappa shape index (κ3) is 4.05. The summed E-state index contributed by atoms with van der Waals surface area (Å²) in [4.78, 5) is 27.9. The predicted molar refractivity (Wildman–Crippen MR) is 108 cm³/mol. The van der Waals surface area contributed by atoms with Gasteiger partial charge in [-0.05, 0) is 36.4 Å². The molecule has 3 heterocycles. The van der Waals surface area contributed by atoms with Crippen LogP contribution in [0.3, 0.4) is 0 Å². The van der Waals surface area contributed by atoms with Crippen molar-refractivity contribution in [3.05, 3.63) is 42.2 Å². The normalized spacial score (nSPS) is 11.2. The van der Waals surface area contributed by atoms with Crippen LogP contribution in [-0.2, 0) is 0 Å². The minimum Gasteiger partial charge on any atom is -0.452 e. The van der Waals surface area contributed by atoms with E-state index in [0.29, 0.717) is 23.0 Å². The fourth-order valence-electron chi connectivity index (χ4n) is 2.44. The first kappa shape index (κ1) is 17.8. The van der Waals surface area contributed by atoms with Crippen molar-refractivity contribution in [3.8, 4) is 23.0 Å². The predicted octanol–water partition coefficient (Wildman–Crippen LogP) is 1.06. The number of hydrogen-bond donors (Lipinski definition) is 4. The van der Waals surface area contributed by atoms with Crippen molar-refractivity contribution < 1.29 is 4.42 Å². The van der Waals surface area contributed by atoms with E-state index in [-0.39, 0.29) is 29.6 Å². The summed E-state index contributed by atoms with van der Waals surface area (Å²) < 4.78 is 5.65. The van der Waals surface area contributed by atoms with E-state index in [1.807, 2.05) is 0 Å². The molecule has 12 heteroatoms. The molecular weight excluding hydrogens is 374 g/mol. The standard InChI is InChI=1S/C17H15N11O/c18-14-23-12(24-15(19)27-14)8-1-3-9(4-2-8)22-7-10-5-6-11(29-10)13-25-16(20)28-17(21)26-13/h1-7H,(H4,18,19,23,24,27)(H4,20,21,25,26,28)/b22-7+. The second-order valence-electron chi connectivity index (χ2n) is 5.76. The minimum atomic E-state index is 0.0147. The van der Waals surface area contributed by atoms with Crippen molar-refractivity contribution in [2.45, 2.75) is 0 Å². The van der Waals surface area contributed by atoms with Crippen molar-refractivity contribution in [3.63, 3.8) is 0 Å². The van der Waals surface area contributed by atoms with E-state index < -0.39 is 0 Å². The highest BCUT2D eigenvalue weighted by molar-refractivity contribution is 5.79. The molecule has 0 bridgehead atoms. The molecule has 0 saturated heterocycles. The zero-order valence-electron chi connectivity index (χ0n) is 14.9. The molecule has 29 heavy (non-hydrogen) atoms. The van der Waals surface area contributed by atoms with Crippen molar-refractivity contribution >= 4 is 35.7 Å². The maximum Gasteiger partial charge on any atom is 0.225 e. The molecule has 0 aliphatic carbocycles. The molecule has 0 spiro atoms. The Labute approximate surface area is 163 Å². The van der Waals surface area contributed by atoms with Gasteiger partial charge in [-0.2, -0.15) is 29.9 Å². The van der Waals surface area contributed by atoms with Gasteiger partial charge in [0, 0.05) is 5.56 Å². The van der Waals surface area contributed by atoms with Crippen LogP contribution >= 0.6 is 0 Å². The van der Waals surface area contributed by atoms with Gasteiger partial charge in [0.1, 0.15) is 5.76 Å². The molecule has 0 aliphatic rings. The second-order valence-corrected chi connectivity index (χ2v) is 5.76. The van der Waals surface area contributed by atoms with Crippen molar-refractivity contribution in [2.75, 3.05) is 22.9 Å². The number of anilines is 4. The van der Waals surface area contributed by atoms with Crippen LogP contribution in [0.2, 0.25) is 0 Å². The average Bonchev–Trinajstić information content (AvgIpc) is 3.14. The molecule has 8 N–H and O–H groups in total. The number of hydrogen-bond acceptors (Lipinski definition) is 12. The maximum absolute atomic E-state index is 5.65. The third-order valence-corrected chi connectivity index (χ3v) is 3.65. The van der Waals surface area contributed by atoms with E-state index in [0.717, 1.165) is 5.56 Å². The molecule has 0 amide bonds. The van der Waals surface area contributed by atoms with Crippen LogP contribution in [0.15, 0.2) is 45.8 Å². The maximum atomic E-state index is 5.65. The highest BCUT2D eigenvalue weighted by atomic mass is 16.3. The van der Waals surface area contributed by atoms with Gasteiger partial charge in [0.05, 0.1) is 11.9 Å². The molecule has 0 radical (unpaired) electrons. The summed E-state index contributed by atoms with van der Waals surface area (Å²) in [5.41, 5.74) is 23.8. The van der Waals surface area contributed by atoms with Crippen molar-refractivity contribution in [1.82, 2.24) is 29.9 Å². The van der Waals surface area contributed by atoms with Gasteiger partial charge in [-0.1, -0.05) is 0 Å². The number of nitrogens with zero attached hydrogens (tertiary/aromatic N) is 7. The average molecular weight is 389 g/mol. The van der Waals surface area contributed by atoms with Gasteiger partial charge in [0.25, 0.3) is 0 Å². The van der Waals surface area contributed by atoms with Crippen LogP contribution in [0.1, 0.15) is 5.76 Å². The van der Waals surface area contributed by atoms with Gasteiger partial charge in [0.2, 0.25) is 29.6 Å². The molecule has 4 rings (SSSR count). The minimum absolute atomic E-state index is 0.0147. The van der Waals surface area contributed by atoms with E-state index in [4.69, 9.17) is 27.4 Å². The summed E-state index contributed by atoms with van der Waals surface area (Å²) in [6, 6.07) is 10.6. The van der Waals surface area contributed by atoms with Gasteiger partial charge < -0.3 is 27.4 Å². The van der Waals surface area contributed by atoms with Gasteiger partial charge in [-0.15, -0.1) is 0 Å². The van der Waals surface area contributed by atoms with Crippen molar-refractivity contribution in [1.29, 1.82) is 0 Å². The Morgan fingerprint density at radius 1 is 0.655 bits per heavy atom. The highest BCUT2D eigenvalue weighted by Gasteiger charge is 2.09. The molecule has 0 atom stereocenters. The number of nitrogen functional groups attached to an aromatic ring is 4. The van der Waals surface area contributed by atoms with Crippen molar-refractivity contribution in [2.24, 2.45) is 4.99 Å². The molecule has 3 aromatic heterocycles. The summed E-state index contributed by atoms with van der Waals surface area (Å²) >= 11 is 0. The molecule has 1 aromatic carbocycles. The zero-order chi connectivity index (χ0) is 20.4. The Balaban J connectivity index is 1.52. The lowest BCUT2D eigenvalue weighted by Gasteiger charge is -2.02.